The summed E-state index contributed by atoms with van der Waals surface area (Å²) in [7, 11) is 0. The van der Waals surface area contributed by atoms with Crippen molar-refractivity contribution in [2.24, 2.45) is 0 Å². The maximum atomic E-state index is 12.6. The SMILES string of the molecule is CC(=O)c1c(C)cc2cc3c(c(O)c2c1O)C(O)=C(C)C(=O)C3(C)C. The second-order valence-electron chi connectivity index (χ2n) is 7.15. The van der Waals surface area contributed by atoms with Gasteiger partial charge < -0.3 is 15.3 Å². The largest absolute Gasteiger partial charge is 0.507 e. The van der Waals surface area contributed by atoms with Gasteiger partial charge in [-0.2, -0.15) is 0 Å². The van der Waals surface area contributed by atoms with E-state index in [1.54, 1.807) is 32.9 Å². The summed E-state index contributed by atoms with van der Waals surface area (Å²) in [5.41, 5.74) is 0.552. The van der Waals surface area contributed by atoms with E-state index in [4.69, 9.17) is 0 Å². The minimum atomic E-state index is -0.930. The van der Waals surface area contributed by atoms with E-state index in [0.717, 1.165) is 0 Å². The fraction of sp³-hybridized carbons (Fsp3) is 0.300. The summed E-state index contributed by atoms with van der Waals surface area (Å²) in [6.45, 7) is 8.00. The highest BCUT2D eigenvalue weighted by Crippen LogP contribution is 2.49. The Hall–Kier alpha value is -2.82. The molecule has 0 aliphatic heterocycles. The van der Waals surface area contributed by atoms with Gasteiger partial charge in [-0.25, -0.2) is 0 Å². The minimum Gasteiger partial charge on any atom is -0.507 e. The summed E-state index contributed by atoms with van der Waals surface area (Å²) in [5.74, 6) is -1.49. The van der Waals surface area contributed by atoms with Crippen LogP contribution in [0.5, 0.6) is 11.5 Å². The van der Waals surface area contributed by atoms with Crippen LogP contribution < -0.4 is 0 Å². The highest BCUT2D eigenvalue weighted by molar-refractivity contribution is 6.14. The monoisotopic (exact) mass is 340 g/mol. The van der Waals surface area contributed by atoms with E-state index in [1.165, 1.54) is 13.8 Å². The summed E-state index contributed by atoms with van der Waals surface area (Å²) in [6, 6.07) is 3.37. The van der Waals surface area contributed by atoms with Gasteiger partial charge in [0.05, 0.1) is 21.9 Å². The highest BCUT2D eigenvalue weighted by atomic mass is 16.3. The number of aliphatic hydroxyl groups excluding tert-OH is 1. The lowest BCUT2D eigenvalue weighted by atomic mass is 9.70. The van der Waals surface area contributed by atoms with Crippen molar-refractivity contribution >= 4 is 28.1 Å². The van der Waals surface area contributed by atoms with Crippen molar-refractivity contribution in [2.75, 3.05) is 0 Å². The third-order valence-corrected chi connectivity index (χ3v) is 5.10. The Morgan fingerprint density at radius 1 is 1.04 bits per heavy atom. The Labute approximate surface area is 145 Å². The van der Waals surface area contributed by atoms with Crippen molar-refractivity contribution in [3.63, 3.8) is 0 Å². The summed E-state index contributed by atoms with van der Waals surface area (Å²) in [6.07, 6.45) is 0. The summed E-state index contributed by atoms with van der Waals surface area (Å²) in [5, 5.41) is 32.4. The zero-order valence-electron chi connectivity index (χ0n) is 14.8. The number of ketones is 2. The van der Waals surface area contributed by atoms with Gasteiger partial charge in [0.1, 0.15) is 17.3 Å². The summed E-state index contributed by atoms with van der Waals surface area (Å²) >= 11 is 0. The molecule has 3 N–H and O–H groups in total. The number of aromatic hydroxyl groups is 2. The number of phenolic OH excluding ortho intramolecular Hbond substituents is 2. The Bertz CT molecular complexity index is 1010. The van der Waals surface area contributed by atoms with Crippen LogP contribution in [0.25, 0.3) is 16.5 Å². The molecule has 5 heteroatoms. The molecule has 1 aliphatic carbocycles. The van der Waals surface area contributed by atoms with Crippen LogP contribution in [0, 0.1) is 6.92 Å². The first-order chi connectivity index (χ1) is 11.5. The number of benzene rings is 2. The first-order valence-electron chi connectivity index (χ1n) is 7.98. The van der Waals surface area contributed by atoms with E-state index >= 15 is 0 Å². The normalized spacial score (nSPS) is 16.3. The van der Waals surface area contributed by atoms with E-state index in [2.05, 4.69) is 0 Å². The van der Waals surface area contributed by atoms with Crippen LogP contribution in [0.4, 0.5) is 0 Å². The lowest BCUT2D eigenvalue weighted by Crippen LogP contribution is -2.34. The van der Waals surface area contributed by atoms with Gasteiger partial charge in [-0.3, -0.25) is 9.59 Å². The molecule has 0 aromatic heterocycles. The lowest BCUT2D eigenvalue weighted by Gasteiger charge is -2.32. The number of hydrogen-bond donors (Lipinski definition) is 3. The molecule has 0 spiro atoms. The lowest BCUT2D eigenvalue weighted by molar-refractivity contribution is -0.120. The topological polar surface area (TPSA) is 94.8 Å². The van der Waals surface area contributed by atoms with Crippen LogP contribution in [0.3, 0.4) is 0 Å². The van der Waals surface area contributed by atoms with Gasteiger partial charge in [0.2, 0.25) is 0 Å². The van der Waals surface area contributed by atoms with E-state index in [0.29, 0.717) is 16.5 Å². The first kappa shape index (κ1) is 17.0. The van der Waals surface area contributed by atoms with Crippen molar-refractivity contribution < 1.29 is 24.9 Å². The number of fused-ring (bicyclic) bond motifs is 2. The molecule has 5 nitrogen and oxygen atoms in total. The Kier molecular flexibility index (Phi) is 3.46. The smallest absolute Gasteiger partial charge is 0.172 e. The molecular formula is C20H20O5. The Morgan fingerprint density at radius 3 is 2.20 bits per heavy atom. The molecule has 0 amide bonds. The van der Waals surface area contributed by atoms with E-state index < -0.39 is 5.41 Å². The number of carbonyl (C=O) groups is 2. The molecule has 0 unspecified atom stereocenters. The maximum Gasteiger partial charge on any atom is 0.172 e. The van der Waals surface area contributed by atoms with Gasteiger partial charge in [0.15, 0.2) is 11.6 Å². The fourth-order valence-electron chi connectivity index (χ4n) is 3.73. The van der Waals surface area contributed by atoms with Crippen LogP contribution in [-0.4, -0.2) is 26.9 Å². The number of carbonyl (C=O) groups excluding carboxylic acids is 2. The van der Waals surface area contributed by atoms with Gasteiger partial charge in [0, 0.05) is 5.57 Å². The van der Waals surface area contributed by atoms with Crippen molar-refractivity contribution in [2.45, 2.75) is 40.0 Å². The van der Waals surface area contributed by atoms with Crippen molar-refractivity contribution in [1.29, 1.82) is 0 Å². The van der Waals surface area contributed by atoms with Gasteiger partial charge in [-0.1, -0.05) is 6.07 Å². The Balaban J connectivity index is 2.56. The zero-order chi connectivity index (χ0) is 18.8. The fourth-order valence-corrected chi connectivity index (χ4v) is 3.73. The molecule has 130 valence electrons. The number of allylic oxidation sites excluding steroid dienone is 1. The number of aryl methyl sites for hydroxylation is 1. The molecule has 0 saturated heterocycles. The Morgan fingerprint density at radius 2 is 1.64 bits per heavy atom. The molecule has 2 aromatic carbocycles. The van der Waals surface area contributed by atoms with Crippen LogP contribution in [0.1, 0.15) is 54.7 Å². The average molecular weight is 340 g/mol. The van der Waals surface area contributed by atoms with Crippen LogP contribution >= 0.6 is 0 Å². The van der Waals surface area contributed by atoms with Crippen LogP contribution in [-0.2, 0) is 10.2 Å². The molecule has 0 saturated carbocycles. The molecule has 2 aromatic rings. The van der Waals surface area contributed by atoms with E-state index in [9.17, 15) is 24.9 Å². The molecular weight excluding hydrogens is 320 g/mol. The number of aliphatic hydroxyl groups is 1. The molecule has 25 heavy (non-hydrogen) atoms. The molecule has 0 fully saturated rings. The molecule has 3 rings (SSSR count). The second kappa shape index (κ2) is 5.09. The minimum absolute atomic E-state index is 0.0963. The number of hydrogen-bond acceptors (Lipinski definition) is 5. The van der Waals surface area contributed by atoms with Gasteiger partial charge in [0.25, 0.3) is 0 Å². The molecule has 0 bridgehead atoms. The van der Waals surface area contributed by atoms with Crippen LogP contribution in [0.2, 0.25) is 0 Å². The van der Waals surface area contributed by atoms with Crippen LogP contribution in [0.15, 0.2) is 17.7 Å². The molecule has 1 aliphatic rings. The number of Topliss-reactive ketones (excluding diaryl/α,β-unsaturated/α-hetero) is 2. The maximum absolute atomic E-state index is 12.6. The predicted molar refractivity (Wildman–Crippen MR) is 95.3 cm³/mol. The second-order valence-corrected chi connectivity index (χ2v) is 7.15. The highest BCUT2D eigenvalue weighted by Gasteiger charge is 2.41. The standard InChI is InChI=1S/C20H20O5/c1-8-6-11-7-12-15(16(22)9(2)19(25)20(12,4)5)18(24)14(11)17(23)13(8)10(3)21/h6-7,22-24H,1-5H3. The van der Waals surface area contributed by atoms with Gasteiger partial charge in [-0.05, 0) is 57.2 Å². The summed E-state index contributed by atoms with van der Waals surface area (Å²) in [4.78, 5) is 24.4. The van der Waals surface area contributed by atoms with Gasteiger partial charge in [-0.15, -0.1) is 0 Å². The summed E-state index contributed by atoms with van der Waals surface area (Å²) < 4.78 is 0. The van der Waals surface area contributed by atoms with Crippen molar-refractivity contribution in [3.8, 4) is 11.5 Å². The molecule has 0 atom stereocenters. The van der Waals surface area contributed by atoms with Gasteiger partial charge >= 0.3 is 0 Å². The average Bonchev–Trinajstić information content (AvgIpc) is 2.50. The third-order valence-electron chi connectivity index (χ3n) is 5.10. The zero-order valence-corrected chi connectivity index (χ0v) is 14.8. The number of rotatable bonds is 1. The molecule has 0 radical (unpaired) electrons. The molecule has 0 heterocycles. The third kappa shape index (κ3) is 2.08. The predicted octanol–water partition coefficient (Wildman–Crippen LogP) is 3.91. The first-order valence-corrected chi connectivity index (χ1v) is 7.98. The van der Waals surface area contributed by atoms with E-state index in [-0.39, 0.29) is 50.9 Å². The van der Waals surface area contributed by atoms with E-state index in [1.807, 2.05) is 0 Å². The quantitative estimate of drug-likeness (QED) is 0.684. The van der Waals surface area contributed by atoms with Crippen molar-refractivity contribution in [3.05, 3.63) is 40.0 Å². The number of phenols is 2. The van der Waals surface area contributed by atoms with Crippen molar-refractivity contribution in [1.82, 2.24) is 0 Å².